The molecule has 0 N–H and O–H groups in total. The minimum absolute atomic E-state index is 0.484. The molecule has 0 heterocycles. The maximum Gasteiger partial charge on any atom is 0.0851 e. The van der Waals surface area contributed by atoms with E-state index in [0.29, 0.717) is 10.0 Å². The molecule has 0 aromatic carbocycles. The van der Waals surface area contributed by atoms with Crippen LogP contribution in [0.1, 0.15) is 0 Å². The minimum Gasteiger partial charge on any atom is -0.137 e. The average molecular weight is 113 g/mol. The summed E-state index contributed by atoms with van der Waals surface area (Å²) in [6, 6.07) is 0. The Bertz CT molecular complexity index is 72.1. The summed E-state index contributed by atoms with van der Waals surface area (Å²) in [7, 11) is 15.0. The van der Waals surface area contributed by atoms with E-state index in [0.717, 1.165) is 0 Å². The molecule has 0 aliphatic heterocycles. The molecule has 0 aliphatic carbocycles. The first-order chi connectivity index (χ1) is 3.71. The van der Waals surface area contributed by atoms with Gasteiger partial charge >= 0.3 is 0 Å². The van der Waals surface area contributed by atoms with Gasteiger partial charge in [-0.3, -0.25) is 0 Å². The quantitative estimate of drug-likeness (QED) is 0.313. The van der Waals surface area contributed by atoms with E-state index in [1.165, 1.54) is 7.28 Å². The third kappa shape index (κ3) is 8.45. The molecule has 0 saturated heterocycles. The van der Waals surface area contributed by atoms with Crippen molar-refractivity contribution >= 4 is 54.4 Å². The van der Waals surface area contributed by atoms with Crippen molar-refractivity contribution in [1.82, 2.24) is 0 Å². The Hall–Kier alpha value is 0.455. The van der Waals surface area contributed by atoms with Gasteiger partial charge < -0.3 is 0 Å². The topological polar surface area (TPSA) is 0 Å². The number of hydrogen-bond donors (Lipinski definition) is 0. The second-order valence-electron chi connectivity index (χ2n) is 5.30. The first kappa shape index (κ1) is 9.45. The molecule has 0 atom stereocenters. The predicted molar refractivity (Wildman–Crippen MR) is 63.8 cm³/mol. The molecule has 0 fully saturated rings. The van der Waals surface area contributed by atoms with Crippen LogP contribution in [0.5, 0.6) is 0 Å². The Labute approximate surface area is 65.0 Å². The van der Waals surface area contributed by atoms with Gasteiger partial charge in [-0.1, -0.05) is 0 Å². The van der Waals surface area contributed by atoms with Gasteiger partial charge in [0.25, 0.3) is 0 Å². The van der Waals surface area contributed by atoms with Crippen LogP contribution in [0.25, 0.3) is 0 Å². The first-order valence-corrected chi connectivity index (χ1v) is 3.71. The van der Waals surface area contributed by atoms with E-state index in [1.54, 1.807) is 0 Å². The van der Waals surface area contributed by atoms with Crippen LogP contribution in [-0.4, -0.2) is 54.4 Å². The van der Waals surface area contributed by atoms with E-state index >= 15 is 0 Å². The third-order valence-corrected chi connectivity index (χ3v) is 1.06. The van der Waals surface area contributed by atoms with Crippen molar-refractivity contribution in [3.05, 3.63) is 0 Å². The summed E-state index contributed by atoms with van der Waals surface area (Å²) >= 11 is 0. The molecule has 0 bridgehead atoms. The molecule has 0 radical (unpaired) electrons. The lowest BCUT2D eigenvalue weighted by Crippen LogP contribution is -2.34. The fourth-order valence-corrected chi connectivity index (χ4v) is 1.59. The maximum absolute atomic E-state index is 2.29. The van der Waals surface area contributed by atoms with Gasteiger partial charge in [0, 0.05) is 0 Å². The van der Waals surface area contributed by atoms with Gasteiger partial charge in [-0.15, -0.1) is 10.0 Å². The fraction of sp³-hybridized carbons (Fsp3) is 1.00. The molecule has 0 spiro atoms. The highest BCUT2D eigenvalue weighted by Crippen LogP contribution is 2.18. The lowest BCUT2D eigenvalue weighted by Gasteiger charge is -2.26. The predicted octanol–water partition coefficient (Wildman–Crippen LogP) is -5.72. The number of rotatable bonds is 2. The van der Waals surface area contributed by atoms with Crippen LogP contribution in [-0.2, 0) is 0 Å². The molecule has 0 unspecified atom stereocenters. The summed E-state index contributed by atoms with van der Waals surface area (Å²) in [6.45, 7) is 0. The molecule has 0 amide bonds. The van der Waals surface area contributed by atoms with Crippen LogP contribution in [0.4, 0.5) is 0 Å². The summed E-state index contributed by atoms with van der Waals surface area (Å²) in [4.78, 5) is 0. The number of hydrogen-bond acceptors (Lipinski definition) is 0. The Balaban J connectivity index is 3.75. The molecule has 0 aromatic rings. The fourth-order valence-electron chi connectivity index (χ4n) is 1.59. The third-order valence-electron chi connectivity index (χ3n) is 1.06. The summed E-state index contributed by atoms with van der Waals surface area (Å²) in [5.74, 6) is 0. The standard InChI is InChI=1S/C2H13B7/c3-1(4,5)9-2(6,7)8/h9H,3-8H2. The van der Waals surface area contributed by atoms with Gasteiger partial charge in [0.15, 0.2) is 0 Å². The molecular formula is C2H13B7. The molecule has 7 heteroatoms. The summed E-state index contributed by atoms with van der Waals surface area (Å²) in [6.07, 6.45) is 0. The zero-order valence-corrected chi connectivity index (χ0v) is 7.71. The van der Waals surface area contributed by atoms with Crippen LogP contribution in [0.15, 0.2) is 0 Å². The van der Waals surface area contributed by atoms with E-state index in [4.69, 9.17) is 0 Å². The van der Waals surface area contributed by atoms with Crippen molar-refractivity contribution in [3.63, 3.8) is 0 Å². The van der Waals surface area contributed by atoms with Crippen molar-refractivity contribution in [2.24, 2.45) is 0 Å². The van der Waals surface area contributed by atoms with E-state index in [2.05, 4.69) is 47.1 Å². The Morgan fingerprint density at radius 3 is 0.889 bits per heavy atom. The lowest BCUT2D eigenvalue weighted by atomic mass is 9.10. The lowest BCUT2D eigenvalue weighted by molar-refractivity contribution is 1.51. The maximum atomic E-state index is 2.29. The van der Waals surface area contributed by atoms with Crippen LogP contribution in [0, 0.1) is 0 Å². The van der Waals surface area contributed by atoms with Crippen LogP contribution >= 0.6 is 0 Å². The van der Waals surface area contributed by atoms with Crippen LogP contribution < -0.4 is 0 Å². The second-order valence-corrected chi connectivity index (χ2v) is 5.30. The zero-order chi connectivity index (χ0) is 7.71. The summed E-state index contributed by atoms with van der Waals surface area (Å²) in [5.41, 5.74) is 0. The van der Waals surface area contributed by atoms with Crippen LogP contribution in [0.2, 0.25) is 10.0 Å². The van der Waals surface area contributed by atoms with Crippen molar-refractivity contribution < 1.29 is 0 Å². The molecule has 0 aromatic heterocycles. The van der Waals surface area contributed by atoms with Crippen molar-refractivity contribution in [2.75, 3.05) is 0 Å². The van der Waals surface area contributed by atoms with E-state index < -0.39 is 0 Å². The Morgan fingerprint density at radius 1 is 0.667 bits per heavy atom. The van der Waals surface area contributed by atoms with Gasteiger partial charge in [-0.2, -0.15) is 0 Å². The van der Waals surface area contributed by atoms with Crippen molar-refractivity contribution in [3.8, 4) is 0 Å². The Morgan fingerprint density at radius 2 is 0.889 bits per heavy atom. The highest BCUT2D eigenvalue weighted by molar-refractivity contribution is 6.94. The Kier molecular flexibility index (Phi) is 2.73. The molecule has 9 heavy (non-hydrogen) atoms. The zero-order valence-electron chi connectivity index (χ0n) is 7.71. The summed E-state index contributed by atoms with van der Waals surface area (Å²) in [5, 5.41) is 0.969. The summed E-state index contributed by atoms with van der Waals surface area (Å²) < 4.78 is 0. The monoisotopic (exact) mass is 114 g/mol. The first-order valence-electron chi connectivity index (χ1n) is 3.71. The molecule has 42 valence electrons. The van der Waals surface area contributed by atoms with Gasteiger partial charge in [0.2, 0.25) is 0 Å². The highest BCUT2D eigenvalue weighted by atomic mass is 13.7. The van der Waals surface area contributed by atoms with Gasteiger partial charge in [0.1, 0.15) is 0 Å². The van der Waals surface area contributed by atoms with E-state index in [1.807, 2.05) is 0 Å². The van der Waals surface area contributed by atoms with E-state index in [9.17, 15) is 0 Å². The van der Waals surface area contributed by atoms with Gasteiger partial charge in [-0.25, -0.2) is 0 Å². The second kappa shape index (κ2) is 2.60. The van der Waals surface area contributed by atoms with Gasteiger partial charge in [-0.05, 0) is 0 Å². The molecule has 0 saturated carbocycles. The molecule has 0 rings (SSSR count). The molecule has 0 aliphatic rings. The van der Waals surface area contributed by atoms with Gasteiger partial charge in [0.05, 0.1) is 54.4 Å². The minimum atomic E-state index is 0.484. The SMILES string of the molecule is BC(B)(B)BC(B)(B)B. The normalized spacial score (nSPS) is 12.9. The largest absolute Gasteiger partial charge is 0.137 e. The van der Waals surface area contributed by atoms with E-state index in [-0.39, 0.29) is 0 Å². The van der Waals surface area contributed by atoms with Crippen molar-refractivity contribution in [2.45, 2.75) is 10.0 Å². The van der Waals surface area contributed by atoms with Crippen LogP contribution in [0.3, 0.4) is 0 Å². The average Bonchev–Trinajstić information content (AvgIpc) is 1.14. The highest BCUT2D eigenvalue weighted by Gasteiger charge is 2.22. The van der Waals surface area contributed by atoms with Crippen molar-refractivity contribution in [1.29, 1.82) is 0 Å². The smallest absolute Gasteiger partial charge is 0.0851 e. The molecule has 0 nitrogen and oxygen atoms in total. The molecular weight excluding hydrogens is 99.7 g/mol.